The van der Waals surface area contributed by atoms with Gasteiger partial charge in [-0.3, -0.25) is 4.79 Å². The maximum absolute atomic E-state index is 11.9. The van der Waals surface area contributed by atoms with Crippen LogP contribution < -0.4 is 11.1 Å². The van der Waals surface area contributed by atoms with E-state index in [4.69, 9.17) is 5.73 Å². The van der Waals surface area contributed by atoms with E-state index < -0.39 is 0 Å². The molecule has 0 radical (unpaired) electrons. The molecule has 0 atom stereocenters. The van der Waals surface area contributed by atoms with Crippen LogP contribution >= 0.6 is 15.9 Å². The van der Waals surface area contributed by atoms with Gasteiger partial charge >= 0.3 is 0 Å². The summed E-state index contributed by atoms with van der Waals surface area (Å²) >= 11 is 3.28. The number of anilines is 1. The molecule has 6 heteroatoms. The van der Waals surface area contributed by atoms with Crippen molar-refractivity contribution >= 4 is 27.5 Å². The molecule has 1 heterocycles. The fourth-order valence-electron chi connectivity index (χ4n) is 1.38. The van der Waals surface area contributed by atoms with Crippen molar-refractivity contribution in [3.05, 3.63) is 52.5 Å². The Morgan fingerprint density at radius 1 is 1.39 bits per heavy atom. The van der Waals surface area contributed by atoms with Gasteiger partial charge in [-0.25, -0.2) is 9.97 Å². The molecular weight excluding hydrogens is 296 g/mol. The molecular formula is C12H11BrN4O. The average molecular weight is 307 g/mol. The van der Waals surface area contributed by atoms with E-state index in [0.29, 0.717) is 17.8 Å². The van der Waals surface area contributed by atoms with Gasteiger partial charge in [-0.1, -0.05) is 0 Å². The van der Waals surface area contributed by atoms with Crippen molar-refractivity contribution in [2.75, 3.05) is 5.73 Å². The number of amides is 1. The van der Waals surface area contributed by atoms with Crippen LogP contribution in [0.25, 0.3) is 0 Å². The predicted octanol–water partition coefficient (Wildman–Crippen LogP) is 1.75. The Labute approximate surface area is 113 Å². The molecule has 0 saturated heterocycles. The summed E-state index contributed by atoms with van der Waals surface area (Å²) in [6.07, 6.45) is 3.07. The summed E-state index contributed by atoms with van der Waals surface area (Å²) in [6, 6.07) is 6.82. The maximum Gasteiger partial charge on any atom is 0.251 e. The lowest BCUT2D eigenvalue weighted by molar-refractivity contribution is 0.0950. The van der Waals surface area contributed by atoms with Crippen LogP contribution in [0, 0.1) is 0 Å². The first-order chi connectivity index (χ1) is 8.66. The Morgan fingerprint density at radius 3 is 2.89 bits per heavy atom. The summed E-state index contributed by atoms with van der Waals surface area (Å²) in [5.41, 5.74) is 7.52. The molecule has 0 fully saturated rings. The Balaban J connectivity index is 2.02. The Morgan fingerprint density at radius 2 is 2.22 bits per heavy atom. The van der Waals surface area contributed by atoms with Crippen LogP contribution in [0.5, 0.6) is 0 Å². The molecule has 1 aromatic heterocycles. The van der Waals surface area contributed by atoms with Crippen molar-refractivity contribution in [2.45, 2.75) is 6.54 Å². The summed E-state index contributed by atoms with van der Waals surface area (Å²) in [5, 5.41) is 2.76. The first kappa shape index (κ1) is 12.5. The van der Waals surface area contributed by atoms with Gasteiger partial charge in [0.1, 0.15) is 6.33 Å². The molecule has 0 aliphatic rings. The molecule has 2 aromatic rings. The maximum atomic E-state index is 11.9. The zero-order valence-electron chi connectivity index (χ0n) is 9.43. The molecule has 0 spiro atoms. The van der Waals surface area contributed by atoms with Gasteiger partial charge < -0.3 is 11.1 Å². The SMILES string of the molecule is Nc1cc(C(=O)NCc2ccncn2)ccc1Br. The van der Waals surface area contributed by atoms with Gasteiger partial charge in [0.15, 0.2) is 0 Å². The van der Waals surface area contributed by atoms with Crippen molar-refractivity contribution in [1.82, 2.24) is 15.3 Å². The van der Waals surface area contributed by atoms with Crippen LogP contribution in [0.2, 0.25) is 0 Å². The number of carbonyl (C=O) groups is 1. The molecule has 1 aromatic carbocycles. The Kier molecular flexibility index (Phi) is 3.88. The molecule has 0 aliphatic carbocycles. The van der Waals surface area contributed by atoms with Crippen molar-refractivity contribution in [2.24, 2.45) is 0 Å². The van der Waals surface area contributed by atoms with E-state index in [9.17, 15) is 4.79 Å². The first-order valence-electron chi connectivity index (χ1n) is 5.25. The molecule has 1 amide bonds. The van der Waals surface area contributed by atoms with Crippen molar-refractivity contribution in [1.29, 1.82) is 0 Å². The second kappa shape index (κ2) is 5.59. The highest BCUT2D eigenvalue weighted by atomic mass is 79.9. The van der Waals surface area contributed by atoms with Crippen LogP contribution in [-0.2, 0) is 6.54 Å². The minimum absolute atomic E-state index is 0.187. The normalized spacial score (nSPS) is 10.1. The molecule has 2 rings (SSSR count). The Bertz CT molecular complexity index is 559. The molecule has 0 unspecified atom stereocenters. The quantitative estimate of drug-likeness (QED) is 0.847. The van der Waals surface area contributed by atoms with Crippen LogP contribution in [0.3, 0.4) is 0 Å². The number of nitrogens with zero attached hydrogens (tertiary/aromatic N) is 2. The third-order valence-electron chi connectivity index (χ3n) is 2.33. The number of hydrogen-bond donors (Lipinski definition) is 2. The van der Waals surface area contributed by atoms with Gasteiger partial charge in [0.05, 0.1) is 12.2 Å². The monoisotopic (exact) mass is 306 g/mol. The molecule has 18 heavy (non-hydrogen) atoms. The second-order valence-corrected chi connectivity index (χ2v) is 4.47. The number of rotatable bonds is 3. The minimum Gasteiger partial charge on any atom is -0.398 e. The lowest BCUT2D eigenvalue weighted by Crippen LogP contribution is -2.23. The third-order valence-corrected chi connectivity index (χ3v) is 3.05. The largest absolute Gasteiger partial charge is 0.398 e. The van der Waals surface area contributed by atoms with Crippen molar-refractivity contribution in [3.63, 3.8) is 0 Å². The standard InChI is InChI=1S/C12H11BrN4O/c13-10-2-1-8(5-11(10)14)12(18)16-6-9-3-4-15-7-17-9/h1-5,7H,6,14H2,(H,16,18). The highest BCUT2D eigenvalue weighted by Gasteiger charge is 2.07. The highest BCUT2D eigenvalue weighted by molar-refractivity contribution is 9.10. The van der Waals surface area contributed by atoms with Crippen LogP contribution in [0.4, 0.5) is 5.69 Å². The molecule has 0 bridgehead atoms. The second-order valence-electron chi connectivity index (χ2n) is 3.62. The number of hydrogen-bond acceptors (Lipinski definition) is 4. The number of aromatic nitrogens is 2. The van der Waals surface area contributed by atoms with Gasteiger partial charge in [0.2, 0.25) is 0 Å². The number of nitrogen functional groups attached to an aromatic ring is 1. The minimum atomic E-state index is -0.187. The van der Waals surface area contributed by atoms with Gasteiger partial charge in [0, 0.05) is 21.9 Å². The summed E-state index contributed by atoms with van der Waals surface area (Å²) in [7, 11) is 0. The van der Waals surface area contributed by atoms with E-state index in [1.54, 1.807) is 30.5 Å². The van der Waals surface area contributed by atoms with Crippen LogP contribution in [0.1, 0.15) is 16.1 Å². The topological polar surface area (TPSA) is 80.9 Å². The smallest absolute Gasteiger partial charge is 0.251 e. The van der Waals surface area contributed by atoms with E-state index in [2.05, 4.69) is 31.2 Å². The summed E-state index contributed by atoms with van der Waals surface area (Å²) < 4.78 is 0.773. The molecule has 92 valence electrons. The zero-order chi connectivity index (χ0) is 13.0. The predicted molar refractivity (Wildman–Crippen MR) is 71.8 cm³/mol. The lowest BCUT2D eigenvalue weighted by atomic mass is 10.2. The number of carbonyl (C=O) groups excluding carboxylic acids is 1. The van der Waals surface area contributed by atoms with Crippen molar-refractivity contribution < 1.29 is 4.79 Å². The highest BCUT2D eigenvalue weighted by Crippen LogP contribution is 2.20. The number of nitrogens with two attached hydrogens (primary N) is 1. The molecule has 0 aliphatic heterocycles. The fourth-order valence-corrected chi connectivity index (χ4v) is 1.63. The third kappa shape index (κ3) is 3.04. The van der Waals surface area contributed by atoms with Crippen LogP contribution in [-0.4, -0.2) is 15.9 Å². The van der Waals surface area contributed by atoms with Gasteiger partial charge in [0.25, 0.3) is 5.91 Å². The summed E-state index contributed by atoms with van der Waals surface area (Å²) in [4.78, 5) is 19.7. The fraction of sp³-hybridized carbons (Fsp3) is 0.0833. The zero-order valence-corrected chi connectivity index (χ0v) is 11.0. The molecule has 3 N–H and O–H groups in total. The average Bonchev–Trinajstić information content (AvgIpc) is 2.40. The Hall–Kier alpha value is -1.95. The van der Waals surface area contributed by atoms with Gasteiger partial charge in [-0.2, -0.15) is 0 Å². The van der Waals surface area contributed by atoms with E-state index >= 15 is 0 Å². The molecule has 5 nitrogen and oxygen atoms in total. The van der Waals surface area contributed by atoms with E-state index in [1.165, 1.54) is 6.33 Å². The summed E-state index contributed by atoms with van der Waals surface area (Å²) in [6.45, 7) is 0.358. The van der Waals surface area contributed by atoms with Gasteiger partial charge in [-0.05, 0) is 40.2 Å². The van der Waals surface area contributed by atoms with E-state index in [1.807, 2.05) is 0 Å². The number of halogens is 1. The van der Waals surface area contributed by atoms with E-state index in [-0.39, 0.29) is 5.91 Å². The van der Waals surface area contributed by atoms with Gasteiger partial charge in [-0.15, -0.1) is 0 Å². The van der Waals surface area contributed by atoms with Crippen LogP contribution in [0.15, 0.2) is 41.3 Å². The summed E-state index contributed by atoms with van der Waals surface area (Å²) in [5.74, 6) is -0.187. The molecule has 0 saturated carbocycles. The number of benzene rings is 1. The number of nitrogens with one attached hydrogen (secondary N) is 1. The van der Waals surface area contributed by atoms with E-state index in [0.717, 1.165) is 10.2 Å². The lowest BCUT2D eigenvalue weighted by Gasteiger charge is -2.06. The van der Waals surface area contributed by atoms with Crippen molar-refractivity contribution in [3.8, 4) is 0 Å². The first-order valence-corrected chi connectivity index (χ1v) is 6.04.